The molecule has 2 rings (SSSR count). The molecule has 2 aliphatic heterocycles. The van der Waals surface area contributed by atoms with Gasteiger partial charge in [-0.05, 0) is 11.2 Å². The van der Waals surface area contributed by atoms with Crippen molar-refractivity contribution in [2.45, 2.75) is 19.1 Å². The Kier molecular flexibility index (Phi) is 1.50. The van der Waals surface area contributed by atoms with E-state index in [9.17, 15) is 0 Å². The SMILES string of the molecule is CC1(C)CSC2COCC21. The van der Waals surface area contributed by atoms with Crippen LogP contribution in [0.25, 0.3) is 0 Å². The number of ether oxygens (including phenoxy) is 1. The number of hydrogen-bond donors (Lipinski definition) is 0. The third kappa shape index (κ3) is 0.892. The minimum absolute atomic E-state index is 0.534. The Morgan fingerprint density at radius 2 is 2.20 bits per heavy atom. The van der Waals surface area contributed by atoms with E-state index in [2.05, 4.69) is 25.6 Å². The highest BCUT2D eigenvalue weighted by atomic mass is 32.2. The van der Waals surface area contributed by atoms with Gasteiger partial charge in [-0.25, -0.2) is 0 Å². The van der Waals surface area contributed by atoms with Crippen molar-refractivity contribution in [1.82, 2.24) is 0 Å². The summed E-state index contributed by atoms with van der Waals surface area (Å²) >= 11 is 2.09. The van der Waals surface area contributed by atoms with Crippen molar-refractivity contribution in [3.63, 3.8) is 0 Å². The molecule has 2 fully saturated rings. The molecule has 0 radical (unpaired) electrons. The largest absolute Gasteiger partial charge is 0.380 e. The summed E-state index contributed by atoms with van der Waals surface area (Å²) in [5.41, 5.74) is 0.534. The molecule has 2 atom stereocenters. The molecule has 2 saturated heterocycles. The summed E-state index contributed by atoms with van der Waals surface area (Å²) in [5, 5.41) is 0.815. The lowest BCUT2D eigenvalue weighted by atomic mass is 9.80. The zero-order chi connectivity index (χ0) is 7.19. The van der Waals surface area contributed by atoms with Crippen LogP contribution in [0.5, 0.6) is 0 Å². The molecule has 0 aromatic heterocycles. The second kappa shape index (κ2) is 2.15. The van der Waals surface area contributed by atoms with Crippen LogP contribution >= 0.6 is 11.8 Å². The Bertz CT molecular complexity index is 144. The molecule has 2 aliphatic rings. The molecule has 0 spiro atoms. The smallest absolute Gasteiger partial charge is 0.0588 e. The second-order valence-electron chi connectivity index (χ2n) is 3.98. The van der Waals surface area contributed by atoms with E-state index in [1.165, 1.54) is 5.75 Å². The fourth-order valence-electron chi connectivity index (χ4n) is 1.86. The van der Waals surface area contributed by atoms with Crippen molar-refractivity contribution in [3.05, 3.63) is 0 Å². The Hall–Kier alpha value is 0.310. The molecule has 0 aliphatic carbocycles. The van der Waals surface area contributed by atoms with Gasteiger partial charge >= 0.3 is 0 Å². The number of fused-ring (bicyclic) bond motifs is 1. The van der Waals surface area contributed by atoms with E-state index in [1.54, 1.807) is 0 Å². The summed E-state index contributed by atoms with van der Waals surface area (Å²) < 4.78 is 5.43. The van der Waals surface area contributed by atoms with E-state index in [1.807, 2.05) is 0 Å². The van der Waals surface area contributed by atoms with E-state index in [0.717, 1.165) is 24.4 Å². The van der Waals surface area contributed by atoms with E-state index in [4.69, 9.17) is 4.74 Å². The third-order valence-electron chi connectivity index (χ3n) is 2.70. The molecular formula is C8H14OS. The standard InChI is InChI=1S/C8H14OS/c1-8(2)5-10-7-4-9-3-6(7)8/h6-7H,3-5H2,1-2H3. The normalized spacial score (nSPS) is 43.8. The minimum Gasteiger partial charge on any atom is -0.380 e. The average Bonchev–Trinajstić information content (AvgIpc) is 2.36. The van der Waals surface area contributed by atoms with Crippen LogP contribution in [0, 0.1) is 11.3 Å². The van der Waals surface area contributed by atoms with Gasteiger partial charge in [0.2, 0.25) is 0 Å². The lowest BCUT2D eigenvalue weighted by molar-refractivity contribution is 0.155. The Balaban J connectivity index is 2.16. The van der Waals surface area contributed by atoms with Gasteiger partial charge in [0.25, 0.3) is 0 Å². The number of thioether (sulfide) groups is 1. The molecule has 0 bridgehead atoms. The highest BCUT2D eigenvalue weighted by molar-refractivity contribution is 8.00. The van der Waals surface area contributed by atoms with Crippen LogP contribution in [0.4, 0.5) is 0 Å². The highest BCUT2D eigenvalue weighted by Gasteiger charge is 2.45. The first-order chi connectivity index (χ1) is 4.70. The predicted molar refractivity (Wildman–Crippen MR) is 44.3 cm³/mol. The van der Waals surface area contributed by atoms with Crippen molar-refractivity contribution in [3.8, 4) is 0 Å². The summed E-state index contributed by atoms with van der Waals surface area (Å²) in [6.07, 6.45) is 0. The monoisotopic (exact) mass is 158 g/mol. The number of rotatable bonds is 0. The van der Waals surface area contributed by atoms with Gasteiger partial charge < -0.3 is 4.74 Å². The molecule has 2 heteroatoms. The third-order valence-corrected chi connectivity index (χ3v) is 4.50. The first-order valence-electron chi connectivity index (χ1n) is 3.89. The summed E-state index contributed by atoms with van der Waals surface area (Å²) in [6, 6.07) is 0. The van der Waals surface area contributed by atoms with Crippen molar-refractivity contribution in [2.75, 3.05) is 19.0 Å². The molecule has 0 saturated carbocycles. The van der Waals surface area contributed by atoms with Crippen LogP contribution in [0.1, 0.15) is 13.8 Å². The van der Waals surface area contributed by atoms with Crippen LogP contribution in [-0.2, 0) is 4.74 Å². The lowest BCUT2D eigenvalue weighted by Crippen LogP contribution is -2.25. The molecule has 0 aromatic carbocycles. The molecule has 58 valence electrons. The summed E-state index contributed by atoms with van der Waals surface area (Å²) in [7, 11) is 0. The number of hydrogen-bond acceptors (Lipinski definition) is 2. The maximum Gasteiger partial charge on any atom is 0.0588 e. The van der Waals surface area contributed by atoms with Gasteiger partial charge in [-0.15, -0.1) is 0 Å². The van der Waals surface area contributed by atoms with Gasteiger partial charge in [-0.1, -0.05) is 13.8 Å². The second-order valence-corrected chi connectivity index (χ2v) is 5.21. The van der Waals surface area contributed by atoms with Gasteiger partial charge in [0.05, 0.1) is 13.2 Å². The maximum absolute atomic E-state index is 5.43. The summed E-state index contributed by atoms with van der Waals surface area (Å²) in [5.74, 6) is 2.16. The topological polar surface area (TPSA) is 9.23 Å². The van der Waals surface area contributed by atoms with Crippen molar-refractivity contribution in [2.24, 2.45) is 11.3 Å². The van der Waals surface area contributed by atoms with Crippen LogP contribution < -0.4 is 0 Å². The van der Waals surface area contributed by atoms with Gasteiger partial charge in [0.1, 0.15) is 0 Å². The van der Waals surface area contributed by atoms with E-state index >= 15 is 0 Å². The van der Waals surface area contributed by atoms with Gasteiger partial charge in [-0.3, -0.25) is 0 Å². The fourth-order valence-corrected chi connectivity index (χ4v) is 3.59. The zero-order valence-electron chi connectivity index (χ0n) is 6.59. The minimum atomic E-state index is 0.534. The first kappa shape index (κ1) is 6.99. The molecule has 10 heavy (non-hydrogen) atoms. The maximum atomic E-state index is 5.43. The zero-order valence-corrected chi connectivity index (χ0v) is 7.41. The van der Waals surface area contributed by atoms with Crippen LogP contribution in [0.3, 0.4) is 0 Å². The molecule has 1 nitrogen and oxygen atoms in total. The first-order valence-corrected chi connectivity index (χ1v) is 4.94. The Labute approximate surface area is 66.5 Å². The molecule has 2 unspecified atom stereocenters. The van der Waals surface area contributed by atoms with Crippen LogP contribution in [-0.4, -0.2) is 24.2 Å². The van der Waals surface area contributed by atoms with Gasteiger partial charge in [0, 0.05) is 11.2 Å². The average molecular weight is 158 g/mol. The van der Waals surface area contributed by atoms with Gasteiger partial charge in [-0.2, -0.15) is 11.8 Å². The van der Waals surface area contributed by atoms with E-state index in [0.29, 0.717) is 5.41 Å². The molecule has 2 heterocycles. The Morgan fingerprint density at radius 1 is 1.40 bits per heavy atom. The highest BCUT2D eigenvalue weighted by Crippen LogP contribution is 2.48. The van der Waals surface area contributed by atoms with Crippen molar-refractivity contribution in [1.29, 1.82) is 0 Å². The molecule has 0 N–H and O–H groups in total. The van der Waals surface area contributed by atoms with E-state index in [-0.39, 0.29) is 0 Å². The van der Waals surface area contributed by atoms with Crippen molar-refractivity contribution >= 4 is 11.8 Å². The quantitative estimate of drug-likeness (QED) is 0.531. The Morgan fingerprint density at radius 3 is 2.90 bits per heavy atom. The fraction of sp³-hybridized carbons (Fsp3) is 1.00. The van der Waals surface area contributed by atoms with Crippen LogP contribution in [0.2, 0.25) is 0 Å². The summed E-state index contributed by atoms with van der Waals surface area (Å²) in [6.45, 7) is 6.72. The predicted octanol–water partition coefficient (Wildman–Crippen LogP) is 1.77. The van der Waals surface area contributed by atoms with E-state index < -0.39 is 0 Å². The van der Waals surface area contributed by atoms with Crippen molar-refractivity contribution < 1.29 is 4.74 Å². The molecule has 0 amide bonds. The molecule has 0 aromatic rings. The molecular weight excluding hydrogens is 144 g/mol. The van der Waals surface area contributed by atoms with Crippen LogP contribution in [0.15, 0.2) is 0 Å². The lowest BCUT2D eigenvalue weighted by Gasteiger charge is -2.23. The van der Waals surface area contributed by atoms with Gasteiger partial charge in [0.15, 0.2) is 0 Å². The summed E-state index contributed by atoms with van der Waals surface area (Å²) in [4.78, 5) is 0.